The number of rotatable bonds is 4. The molecule has 7 nitrogen and oxygen atoms in total. The van der Waals surface area contributed by atoms with E-state index in [0.29, 0.717) is 0 Å². The number of aliphatic carboxylic acids is 2. The molecule has 10 heteroatoms. The molecule has 0 aromatic heterocycles. The number of carboxylic acids is 2. The van der Waals surface area contributed by atoms with Gasteiger partial charge in [-0.3, -0.25) is 4.79 Å². The summed E-state index contributed by atoms with van der Waals surface area (Å²) < 4.78 is 19.5. The highest BCUT2D eigenvalue weighted by Gasteiger charge is 2.85. The SMILES string of the molecule is N[C@]1(C(=O)O)[C@H]2[C@@H](C[C@H]1OC(=O)c1ccc(Cl)c(Cl)c1)[C@]2(F)C(=O)O. The van der Waals surface area contributed by atoms with Crippen molar-refractivity contribution in [1.29, 1.82) is 0 Å². The molecule has 3 rings (SSSR count). The highest BCUT2D eigenvalue weighted by atomic mass is 35.5. The lowest BCUT2D eigenvalue weighted by Gasteiger charge is -2.31. The standard InChI is InChI=1S/C15H12Cl2FNO6/c16-7-2-1-5(3-8(7)17)11(20)25-9-4-6-10(14(6,18)12(21)22)15(9,19)13(23)24/h1-3,6,9-10H,4,19H2,(H,21,22)(H,23,24)/t6-,9-,10+,14-,15+/m1/s1. The number of ether oxygens (including phenoxy) is 1. The van der Waals surface area contributed by atoms with Crippen molar-refractivity contribution in [2.75, 3.05) is 0 Å². The van der Waals surface area contributed by atoms with Gasteiger partial charge in [-0.15, -0.1) is 0 Å². The van der Waals surface area contributed by atoms with Crippen LogP contribution in [0.5, 0.6) is 0 Å². The van der Waals surface area contributed by atoms with Crippen molar-refractivity contribution in [3.63, 3.8) is 0 Å². The first-order chi connectivity index (χ1) is 11.5. The number of halogens is 3. The lowest BCUT2D eigenvalue weighted by Crippen LogP contribution is -2.60. The molecule has 25 heavy (non-hydrogen) atoms. The van der Waals surface area contributed by atoms with E-state index in [4.69, 9.17) is 38.8 Å². The zero-order valence-corrected chi connectivity index (χ0v) is 13.9. The minimum absolute atomic E-state index is 0.00691. The van der Waals surface area contributed by atoms with E-state index >= 15 is 0 Å². The van der Waals surface area contributed by atoms with Crippen LogP contribution in [0, 0.1) is 11.8 Å². The van der Waals surface area contributed by atoms with Gasteiger partial charge in [0.15, 0.2) is 5.54 Å². The van der Waals surface area contributed by atoms with Crippen molar-refractivity contribution in [1.82, 2.24) is 0 Å². The molecule has 0 aliphatic heterocycles. The minimum Gasteiger partial charge on any atom is -0.480 e. The first-order valence-corrected chi connectivity index (χ1v) is 7.90. The summed E-state index contributed by atoms with van der Waals surface area (Å²) in [5.74, 6) is -6.92. The average molecular weight is 392 g/mol. The fourth-order valence-electron chi connectivity index (χ4n) is 3.57. The Bertz CT molecular complexity index is 804. The molecule has 2 saturated carbocycles. The molecule has 5 atom stereocenters. The van der Waals surface area contributed by atoms with E-state index in [1.807, 2.05) is 0 Å². The number of benzene rings is 1. The molecular formula is C15H12Cl2FNO6. The van der Waals surface area contributed by atoms with E-state index in [2.05, 4.69) is 0 Å². The summed E-state index contributed by atoms with van der Waals surface area (Å²) in [6, 6.07) is 3.91. The monoisotopic (exact) mass is 391 g/mol. The molecule has 0 saturated heterocycles. The van der Waals surface area contributed by atoms with E-state index in [9.17, 15) is 23.9 Å². The lowest BCUT2D eigenvalue weighted by molar-refractivity contribution is -0.153. The van der Waals surface area contributed by atoms with Crippen molar-refractivity contribution in [2.45, 2.75) is 23.7 Å². The molecule has 1 aromatic carbocycles. The third-order valence-electron chi connectivity index (χ3n) is 4.90. The quantitative estimate of drug-likeness (QED) is 0.666. The molecule has 0 radical (unpaired) electrons. The van der Waals surface area contributed by atoms with Crippen LogP contribution in [-0.4, -0.2) is 45.4 Å². The Morgan fingerprint density at radius 2 is 1.84 bits per heavy atom. The summed E-state index contributed by atoms with van der Waals surface area (Å²) in [6.07, 6.45) is -1.67. The Labute approximate surface area is 150 Å². The Morgan fingerprint density at radius 1 is 1.20 bits per heavy atom. The van der Waals surface area contributed by atoms with Gasteiger partial charge in [0.05, 0.1) is 15.6 Å². The van der Waals surface area contributed by atoms with Gasteiger partial charge < -0.3 is 20.7 Å². The fraction of sp³-hybridized carbons (Fsp3) is 0.400. The second-order valence-corrected chi connectivity index (χ2v) is 6.97. The predicted octanol–water partition coefficient (Wildman–Crippen LogP) is 1.74. The molecule has 0 heterocycles. The van der Waals surface area contributed by atoms with E-state index in [0.717, 1.165) is 0 Å². The normalized spacial score (nSPS) is 35.8. The molecule has 2 aliphatic carbocycles. The third kappa shape index (κ3) is 2.39. The molecule has 0 amide bonds. The number of hydrogen-bond donors (Lipinski definition) is 3. The van der Waals surface area contributed by atoms with Gasteiger partial charge in [0, 0.05) is 11.8 Å². The van der Waals surface area contributed by atoms with E-state index in [-0.39, 0.29) is 22.0 Å². The summed E-state index contributed by atoms with van der Waals surface area (Å²) in [5, 5.41) is 18.7. The minimum atomic E-state index is -2.72. The van der Waals surface area contributed by atoms with Gasteiger partial charge in [0.1, 0.15) is 6.10 Å². The van der Waals surface area contributed by atoms with Crippen LogP contribution in [0.25, 0.3) is 0 Å². The van der Waals surface area contributed by atoms with Crippen LogP contribution in [0.1, 0.15) is 16.8 Å². The summed E-state index contributed by atoms with van der Waals surface area (Å²) in [5.41, 5.74) is 0.752. The molecule has 134 valence electrons. The average Bonchev–Trinajstić information content (AvgIpc) is 3.01. The maximum absolute atomic E-state index is 14.4. The number of carboxylic acid groups (broad SMARTS) is 2. The largest absolute Gasteiger partial charge is 0.480 e. The van der Waals surface area contributed by atoms with Gasteiger partial charge in [-0.05, 0) is 24.6 Å². The van der Waals surface area contributed by atoms with Crippen molar-refractivity contribution in [2.24, 2.45) is 17.6 Å². The Kier molecular flexibility index (Phi) is 3.98. The van der Waals surface area contributed by atoms with Crippen LogP contribution in [-0.2, 0) is 14.3 Å². The smallest absolute Gasteiger partial charge is 0.342 e. The zero-order valence-electron chi connectivity index (χ0n) is 12.4. The van der Waals surface area contributed by atoms with Gasteiger partial charge in [-0.1, -0.05) is 23.2 Å². The van der Waals surface area contributed by atoms with Crippen molar-refractivity contribution >= 4 is 41.1 Å². The van der Waals surface area contributed by atoms with Gasteiger partial charge >= 0.3 is 17.9 Å². The Balaban J connectivity index is 1.84. The van der Waals surface area contributed by atoms with Crippen LogP contribution < -0.4 is 5.73 Å². The predicted molar refractivity (Wildman–Crippen MR) is 83.3 cm³/mol. The first kappa shape index (κ1) is 17.9. The second-order valence-electron chi connectivity index (χ2n) is 6.15. The summed E-state index contributed by atoms with van der Waals surface area (Å²) in [4.78, 5) is 34.9. The molecule has 0 bridgehead atoms. The molecule has 4 N–H and O–H groups in total. The Hall–Kier alpha value is -1.90. The van der Waals surface area contributed by atoms with Crippen LogP contribution in [0.3, 0.4) is 0 Å². The summed E-state index contributed by atoms with van der Waals surface area (Å²) >= 11 is 11.6. The van der Waals surface area contributed by atoms with Gasteiger partial charge in [-0.25, -0.2) is 14.0 Å². The number of alkyl halides is 1. The first-order valence-electron chi connectivity index (χ1n) is 7.15. The van der Waals surface area contributed by atoms with Crippen LogP contribution >= 0.6 is 23.2 Å². The number of nitrogens with two attached hydrogens (primary N) is 1. The zero-order chi connectivity index (χ0) is 18.7. The van der Waals surface area contributed by atoms with Crippen molar-refractivity contribution < 1.29 is 33.7 Å². The summed E-state index contributed by atoms with van der Waals surface area (Å²) in [6.45, 7) is 0. The highest BCUT2D eigenvalue weighted by Crippen LogP contribution is 2.67. The molecule has 2 aliphatic rings. The van der Waals surface area contributed by atoms with Gasteiger partial charge in [0.25, 0.3) is 0 Å². The Morgan fingerprint density at radius 3 is 2.36 bits per heavy atom. The second kappa shape index (κ2) is 5.55. The van der Waals surface area contributed by atoms with Crippen LogP contribution in [0.4, 0.5) is 4.39 Å². The number of carbonyl (C=O) groups is 3. The van der Waals surface area contributed by atoms with E-state index in [1.54, 1.807) is 0 Å². The molecular weight excluding hydrogens is 380 g/mol. The maximum Gasteiger partial charge on any atom is 0.342 e. The number of esters is 1. The molecule has 0 unspecified atom stereocenters. The van der Waals surface area contributed by atoms with Crippen LogP contribution in [0.2, 0.25) is 10.0 Å². The van der Waals surface area contributed by atoms with Gasteiger partial charge in [-0.2, -0.15) is 0 Å². The van der Waals surface area contributed by atoms with Gasteiger partial charge in [0.2, 0.25) is 5.67 Å². The maximum atomic E-state index is 14.4. The highest BCUT2D eigenvalue weighted by molar-refractivity contribution is 6.42. The molecule has 0 spiro atoms. The summed E-state index contributed by atoms with van der Waals surface area (Å²) in [7, 11) is 0. The van der Waals surface area contributed by atoms with Crippen molar-refractivity contribution in [3.8, 4) is 0 Å². The fourth-order valence-corrected chi connectivity index (χ4v) is 3.87. The van der Waals surface area contributed by atoms with Crippen molar-refractivity contribution in [3.05, 3.63) is 33.8 Å². The lowest BCUT2D eigenvalue weighted by atomic mass is 9.88. The number of fused-ring (bicyclic) bond motifs is 1. The number of carbonyl (C=O) groups excluding carboxylic acids is 1. The number of hydrogen-bond acceptors (Lipinski definition) is 5. The van der Waals surface area contributed by atoms with Crippen LogP contribution in [0.15, 0.2) is 18.2 Å². The third-order valence-corrected chi connectivity index (χ3v) is 5.64. The van der Waals surface area contributed by atoms with E-state index in [1.165, 1.54) is 18.2 Å². The van der Waals surface area contributed by atoms with E-state index < -0.39 is 47.1 Å². The molecule has 2 fully saturated rings. The molecule has 1 aromatic rings. The topological polar surface area (TPSA) is 127 Å².